The highest BCUT2D eigenvalue weighted by molar-refractivity contribution is 7.37. The van der Waals surface area contributed by atoms with Crippen LogP contribution in [0, 0.1) is 0 Å². The molecule has 0 aromatic heterocycles. The van der Waals surface area contributed by atoms with E-state index in [2.05, 4.69) is 5.32 Å². The number of carboxylic acids is 9. The molecule has 3 aliphatic heterocycles. The molecule has 0 bridgehead atoms. The van der Waals surface area contributed by atoms with Crippen LogP contribution in [0.25, 0.3) is 0 Å². The van der Waals surface area contributed by atoms with Gasteiger partial charge in [-0.15, -0.1) is 0 Å². The summed E-state index contributed by atoms with van der Waals surface area (Å²) in [5.74, 6) is -8.59. The van der Waals surface area contributed by atoms with E-state index in [0.29, 0.717) is 157 Å². The molecule has 3 saturated heterocycles. The minimum atomic E-state index is -2.42. The first-order chi connectivity index (χ1) is 38.7. The normalized spacial score (nSPS) is 18.9. The fourth-order valence-corrected chi connectivity index (χ4v) is 8.75. The zero-order chi connectivity index (χ0) is 62.4. The zero-order valence-electron chi connectivity index (χ0n) is 46.3. The predicted octanol–water partition coefficient (Wildman–Crippen LogP) is -8.10. The van der Waals surface area contributed by atoms with Gasteiger partial charge >= 0.3 is 79.1 Å². The summed E-state index contributed by atoms with van der Waals surface area (Å²) >= 11 is 0. The van der Waals surface area contributed by atoms with Gasteiger partial charge in [0.1, 0.15) is 0 Å². The van der Waals surface area contributed by atoms with Gasteiger partial charge in [-0.25, -0.2) is 4.57 Å². The Balaban J connectivity index is -0.00000110. The van der Waals surface area contributed by atoms with Crippen molar-refractivity contribution in [2.24, 2.45) is 0 Å². The third-order valence-electron chi connectivity index (χ3n) is 11.9. The van der Waals surface area contributed by atoms with E-state index in [1.165, 1.54) is 0 Å². The lowest BCUT2D eigenvalue weighted by molar-refractivity contribution is -0.654. The van der Waals surface area contributed by atoms with Crippen molar-refractivity contribution >= 4 is 79.1 Å². The Kier molecular flexibility index (Phi) is 50.8. The highest BCUT2D eigenvalue weighted by Gasteiger charge is 2.25. The fourth-order valence-electron chi connectivity index (χ4n) is 8.13. The Bertz CT molecular complexity index is 1690. The average Bonchev–Trinajstić information content (AvgIpc) is 3.34. The molecule has 0 aromatic carbocycles. The van der Waals surface area contributed by atoms with Gasteiger partial charge in [0.05, 0.1) is 72.0 Å². The van der Waals surface area contributed by atoms with Crippen molar-refractivity contribution in [1.29, 1.82) is 0 Å². The first-order valence-corrected chi connectivity index (χ1v) is 28.6. The number of nitrogens with two attached hydrogens (primary N) is 1. The Hall–Kier alpha value is -5.11. The third-order valence-corrected chi connectivity index (χ3v) is 12.6. The van der Waals surface area contributed by atoms with Crippen molar-refractivity contribution in [3.8, 4) is 0 Å². The summed E-state index contributed by atoms with van der Waals surface area (Å²) in [4.78, 5) is 139. The van der Waals surface area contributed by atoms with Crippen LogP contribution in [0.3, 0.4) is 0 Å². The number of carbonyl (C=O) groups is 9. The summed E-state index contributed by atoms with van der Waals surface area (Å²) in [5.41, 5.74) is 0. The summed E-state index contributed by atoms with van der Waals surface area (Å²) in [6, 6.07) is 0. The number of aliphatic carboxylic acids is 9. The Labute approximate surface area is 482 Å². The molecule has 2 atom stereocenters. The number of nitrogens with one attached hydrogen (secondary N) is 1. The molecule has 3 rings (SSSR count). The maximum Gasteiger partial charge on any atom is 0.521 e. The molecule has 2 unspecified atom stereocenters. The van der Waals surface area contributed by atoms with Crippen molar-refractivity contribution in [1.82, 2.24) is 54.3 Å². The van der Waals surface area contributed by atoms with Crippen LogP contribution in [0.2, 0.25) is 0 Å². The Morgan fingerprint density at radius 2 is 0.542 bits per heavy atom. The summed E-state index contributed by atoms with van der Waals surface area (Å²) in [6.07, 6.45) is -0.0811. The molecule has 0 spiro atoms. The number of hydrogen-bond donors (Lipinski definition) is 14. The van der Waals surface area contributed by atoms with Crippen molar-refractivity contribution < 1.29 is 128 Å². The molecule has 83 heavy (non-hydrogen) atoms. The summed E-state index contributed by atoms with van der Waals surface area (Å²) in [5, 5.41) is 86.3. The Morgan fingerprint density at radius 3 is 0.711 bits per heavy atom. The van der Waals surface area contributed by atoms with Gasteiger partial charge in [-0.1, -0.05) is 0 Å². The smallest absolute Gasteiger partial charge is 0.480 e. The van der Waals surface area contributed by atoms with Gasteiger partial charge in [-0.2, -0.15) is 9.79 Å². The highest BCUT2D eigenvalue weighted by Crippen LogP contribution is 2.15. The molecule has 0 saturated carbocycles. The van der Waals surface area contributed by atoms with Gasteiger partial charge in [0.2, 0.25) is 6.29 Å². The van der Waals surface area contributed by atoms with Crippen molar-refractivity contribution in [2.45, 2.75) is 0 Å². The molecular formula is C43H86N12O25P3+3. The van der Waals surface area contributed by atoms with Gasteiger partial charge in [0.15, 0.2) is 0 Å². The SMILES string of the molecule is O.O=C(O)CN1CCN(CC(=O)O)CCN(C[P+](=O)O)CCN(CC(=O)O)CC1.O=C(O)CN1CCNCCN(CC(=O)O)CCN(CC(=O)O)CC1.O=C(O)CN1CC[NH2+]CCN(CC(=O)O)CCN(CC(=O)O)CC1.O=PO.O=[PH+]O. The first kappa shape index (κ1) is 82.1. The Morgan fingerprint density at radius 1 is 0.386 bits per heavy atom. The molecule has 0 aliphatic carbocycles. The number of rotatable bonds is 20. The summed E-state index contributed by atoms with van der Waals surface area (Å²) in [7, 11) is -4.42. The number of carboxylic acid groups (broad SMARTS) is 9. The standard InChI is InChI=1S/C15H27N4O8P.2C14H26N4O6.2HO2P.H2O/c20-13(21)9-16-1-3-17(10-14(22)23)5-7-19(12-28(26)27)8-6-18(4-2-16)11-15(24)25;2*19-12(20)9-16-3-1-15-2-4-17(10-13(21)22)6-8-18(7-5-16)11-14(23)24;2*1-3-2;/h1-12H2,(H3-,20,21,22,23,24,25,26,27);2*15H,1-11H2,(H,19,20)(H,21,22)(H,23,24);(H,1,2);3H;1H2/p+3. The van der Waals surface area contributed by atoms with Crippen LogP contribution in [0.15, 0.2) is 0 Å². The molecule has 0 radical (unpaired) electrons. The van der Waals surface area contributed by atoms with Crippen LogP contribution in [-0.4, -0.2) is 391 Å². The van der Waals surface area contributed by atoms with E-state index in [-0.39, 0.29) is 70.7 Å². The molecule has 37 nitrogen and oxygen atoms in total. The molecule has 3 aliphatic rings. The van der Waals surface area contributed by atoms with Crippen LogP contribution in [-0.2, 0) is 56.8 Å². The molecule has 0 amide bonds. The lowest BCUT2D eigenvalue weighted by Gasteiger charge is -2.31. The quantitative estimate of drug-likeness (QED) is 0.0504. The second kappa shape index (κ2) is 51.3. The van der Waals surface area contributed by atoms with Crippen LogP contribution >= 0.6 is 25.4 Å². The maximum atomic E-state index is 11.2. The molecule has 3 heterocycles. The lowest BCUT2D eigenvalue weighted by atomic mass is 10.3. The van der Waals surface area contributed by atoms with Gasteiger partial charge in [0.25, 0.3) is 0 Å². The minimum absolute atomic E-state index is 0. The maximum absolute atomic E-state index is 11.2. The second-order valence-electron chi connectivity index (χ2n) is 18.4. The monoisotopic (exact) mass is 1260 g/mol. The average molecular weight is 1260 g/mol. The lowest BCUT2D eigenvalue weighted by Crippen LogP contribution is -2.87. The molecule has 3 fully saturated rings. The molecular weight excluding hydrogens is 1180 g/mol. The van der Waals surface area contributed by atoms with Crippen LogP contribution in [0.4, 0.5) is 0 Å². The summed E-state index contributed by atoms with van der Waals surface area (Å²) in [6.45, 7) is 9.70. The van der Waals surface area contributed by atoms with Crippen molar-refractivity contribution in [2.75, 3.05) is 222 Å². The van der Waals surface area contributed by atoms with E-state index < -0.39 is 79.1 Å². The largest absolute Gasteiger partial charge is 0.521 e. The van der Waals surface area contributed by atoms with E-state index >= 15 is 0 Å². The van der Waals surface area contributed by atoms with E-state index in [1.807, 2.05) is 5.32 Å². The first-order valence-electron chi connectivity index (χ1n) is 25.6. The summed E-state index contributed by atoms with van der Waals surface area (Å²) < 4.78 is 28.2. The number of hydrogen-bond acceptors (Lipinski definition) is 23. The zero-order valence-corrected chi connectivity index (χ0v) is 49.0. The number of nitrogens with zero attached hydrogens (tertiary/aromatic N) is 10. The van der Waals surface area contributed by atoms with E-state index in [9.17, 15) is 52.6 Å². The minimum Gasteiger partial charge on any atom is -0.480 e. The number of quaternary nitrogens is 1. The van der Waals surface area contributed by atoms with Gasteiger partial charge in [-0.3, -0.25) is 92.1 Å². The topological polar surface area (TPSA) is 540 Å². The van der Waals surface area contributed by atoms with E-state index in [0.717, 1.165) is 0 Å². The van der Waals surface area contributed by atoms with Crippen LogP contribution in [0.1, 0.15) is 0 Å². The fraction of sp³-hybridized carbons (Fsp3) is 0.791. The highest BCUT2D eigenvalue weighted by atomic mass is 31.1. The molecule has 0 aromatic rings. The predicted molar refractivity (Wildman–Crippen MR) is 292 cm³/mol. The van der Waals surface area contributed by atoms with Crippen LogP contribution < -0.4 is 10.6 Å². The second-order valence-corrected chi connectivity index (χ2v) is 19.8. The van der Waals surface area contributed by atoms with Crippen molar-refractivity contribution in [3.63, 3.8) is 0 Å². The van der Waals surface area contributed by atoms with E-state index in [4.69, 9.17) is 64.9 Å². The molecule has 40 heteroatoms. The van der Waals surface area contributed by atoms with Crippen LogP contribution in [0.5, 0.6) is 0 Å². The molecule has 17 N–H and O–H groups in total. The third kappa shape index (κ3) is 52.2. The van der Waals surface area contributed by atoms with Gasteiger partial charge < -0.3 is 67.0 Å². The van der Waals surface area contributed by atoms with E-state index in [1.54, 1.807) is 49.0 Å². The van der Waals surface area contributed by atoms with Gasteiger partial charge in [0, 0.05) is 144 Å². The van der Waals surface area contributed by atoms with Crippen molar-refractivity contribution in [3.05, 3.63) is 0 Å². The molecule has 480 valence electrons. The van der Waals surface area contributed by atoms with Gasteiger partial charge in [-0.05, 0) is 9.13 Å².